The molecule has 0 amide bonds. The standard InChI is InChI=1S/C11H18O2/c1-4-7-8-9-10(12)11(13,5-2)6-3/h13H,5-6,8-9H2,1-3H3. The molecule has 0 spiro atoms. The lowest BCUT2D eigenvalue weighted by Crippen LogP contribution is -2.36. The minimum atomic E-state index is -1.12. The van der Waals surface area contributed by atoms with Crippen LogP contribution in [0.25, 0.3) is 0 Å². The molecule has 0 heterocycles. The monoisotopic (exact) mass is 182 g/mol. The van der Waals surface area contributed by atoms with Gasteiger partial charge in [-0.25, -0.2) is 0 Å². The number of hydrogen-bond acceptors (Lipinski definition) is 2. The Bertz CT molecular complexity index is 216. The van der Waals surface area contributed by atoms with Crippen molar-refractivity contribution in [1.82, 2.24) is 0 Å². The van der Waals surface area contributed by atoms with Gasteiger partial charge >= 0.3 is 0 Å². The summed E-state index contributed by atoms with van der Waals surface area (Å²) in [5.74, 6) is 5.46. The smallest absolute Gasteiger partial charge is 0.165 e. The summed E-state index contributed by atoms with van der Waals surface area (Å²) in [6, 6.07) is 0. The second kappa shape index (κ2) is 5.77. The molecule has 0 aromatic carbocycles. The maximum atomic E-state index is 11.5. The van der Waals surface area contributed by atoms with Gasteiger partial charge in [0.15, 0.2) is 5.78 Å². The van der Waals surface area contributed by atoms with E-state index in [1.165, 1.54) is 0 Å². The molecule has 2 nitrogen and oxygen atoms in total. The number of carbonyl (C=O) groups excluding carboxylic acids is 1. The molecule has 2 heteroatoms. The van der Waals surface area contributed by atoms with Gasteiger partial charge in [0.05, 0.1) is 0 Å². The van der Waals surface area contributed by atoms with E-state index in [4.69, 9.17) is 0 Å². The molecule has 0 rings (SSSR count). The van der Waals surface area contributed by atoms with Crippen LogP contribution in [0.1, 0.15) is 46.5 Å². The molecule has 0 aliphatic heterocycles. The molecule has 0 saturated carbocycles. The Morgan fingerprint density at radius 2 is 1.92 bits per heavy atom. The predicted octanol–water partition coefficient (Wildman–Crippen LogP) is 1.91. The minimum absolute atomic E-state index is 0.0831. The topological polar surface area (TPSA) is 37.3 Å². The Labute approximate surface area is 80.3 Å². The number of ketones is 1. The van der Waals surface area contributed by atoms with Crippen molar-refractivity contribution in [2.45, 2.75) is 52.1 Å². The van der Waals surface area contributed by atoms with E-state index in [2.05, 4.69) is 11.8 Å². The van der Waals surface area contributed by atoms with Gasteiger partial charge in [-0.3, -0.25) is 4.79 Å². The van der Waals surface area contributed by atoms with Crippen LogP contribution in [0.2, 0.25) is 0 Å². The Balaban J connectivity index is 4.12. The first-order valence-corrected chi connectivity index (χ1v) is 4.76. The van der Waals surface area contributed by atoms with Crippen LogP contribution in [-0.2, 0) is 4.79 Å². The molecule has 0 unspecified atom stereocenters. The van der Waals surface area contributed by atoms with Gasteiger partial charge in [0, 0.05) is 12.8 Å². The number of Topliss-reactive ketones (excluding diaryl/α,β-unsaturated/α-hetero) is 1. The fourth-order valence-electron chi connectivity index (χ4n) is 1.18. The van der Waals surface area contributed by atoms with E-state index in [0.29, 0.717) is 25.7 Å². The second-order valence-electron chi connectivity index (χ2n) is 3.09. The molecule has 13 heavy (non-hydrogen) atoms. The van der Waals surface area contributed by atoms with Crippen molar-refractivity contribution in [1.29, 1.82) is 0 Å². The Kier molecular flexibility index (Phi) is 5.41. The summed E-state index contributed by atoms with van der Waals surface area (Å²) in [6.45, 7) is 5.40. The van der Waals surface area contributed by atoms with E-state index in [1.54, 1.807) is 6.92 Å². The molecule has 0 bridgehead atoms. The number of aliphatic hydroxyl groups is 1. The Morgan fingerprint density at radius 3 is 2.31 bits per heavy atom. The van der Waals surface area contributed by atoms with E-state index >= 15 is 0 Å². The molecule has 74 valence electrons. The molecule has 0 aliphatic rings. The lowest BCUT2D eigenvalue weighted by Gasteiger charge is -2.22. The minimum Gasteiger partial charge on any atom is -0.382 e. The maximum absolute atomic E-state index is 11.5. The van der Waals surface area contributed by atoms with Crippen molar-refractivity contribution < 1.29 is 9.90 Å². The van der Waals surface area contributed by atoms with Crippen LogP contribution in [0, 0.1) is 11.8 Å². The Hall–Kier alpha value is -0.810. The molecule has 1 N–H and O–H groups in total. The van der Waals surface area contributed by atoms with Gasteiger partial charge in [0.2, 0.25) is 0 Å². The van der Waals surface area contributed by atoms with Crippen LogP contribution >= 0.6 is 0 Å². The molecule has 0 radical (unpaired) electrons. The lowest BCUT2D eigenvalue weighted by molar-refractivity contribution is -0.137. The summed E-state index contributed by atoms with van der Waals surface area (Å²) in [5.41, 5.74) is -1.12. The van der Waals surface area contributed by atoms with E-state index in [1.807, 2.05) is 13.8 Å². The molecule has 0 atom stereocenters. The van der Waals surface area contributed by atoms with Crippen LogP contribution in [0.4, 0.5) is 0 Å². The summed E-state index contributed by atoms with van der Waals surface area (Å²) >= 11 is 0. The summed E-state index contributed by atoms with van der Waals surface area (Å²) < 4.78 is 0. The van der Waals surface area contributed by atoms with E-state index in [0.717, 1.165) is 0 Å². The molecule has 0 saturated heterocycles. The van der Waals surface area contributed by atoms with Crippen molar-refractivity contribution in [2.75, 3.05) is 0 Å². The summed E-state index contributed by atoms with van der Waals surface area (Å²) in [7, 11) is 0. The second-order valence-corrected chi connectivity index (χ2v) is 3.09. The molecule has 0 aromatic rings. The fourth-order valence-corrected chi connectivity index (χ4v) is 1.18. The zero-order chi connectivity index (χ0) is 10.3. The van der Waals surface area contributed by atoms with Gasteiger partial charge in [-0.2, -0.15) is 0 Å². The largest absolute Gasteiger partial charge is 0.382 e. The highest BCUT2D eigenvalue weighted by Crippen LogP contribution is 2.18. The van der Waals surface area contributed by atoms with Crippen molar-refractivity contribution in [3.8, 4) is 11.8 Å². The van der Waals surface area contributed by atoms with Gasteiger partial charge in [-0.15, -0.1) is 11.8 Å². The number of hydrogen-bond donors (Lipinski definition) is 1. The van der Waals surface area contributed by atoms with Gasteiger partial charge < -0.3 is 5.11 Å². The normalized spacial score (nSPS) is 10.5. The van der Waals surface area contributed by atoms with Crippen LogP contribution in [0.15, 0.2) is 0 Å². The van der Waals surface area contributed by atoms with Gasteiger partial charge in [0.25, 0.3) is 0 Å². The number of rotatable bonds is 5. The summed E-state index contributed by atoms with van der Waals surface area (Å²) in [5, 5.41) is 9.80. The zero-order valence-corrected chi connectivity index (χ0v) is 8.68. The van der Waals surface area contributed by atoms with Crippen molar-refractivity contribution >= 4 is 5.78 Å². The third-order valence-corrected chi connectivity index (χ3v) is 2.34. The zero-order valence-electron chi connectivity index (χ0n) is 8.68. The van der Waals surface area contributed by atoms with Gasteiger partial charge in [0.1, 0.15) is 5.60 Å². The fraction of sp³-hybridized carbons (Fsp3) is 0.727. The molecule has 0 fully saturated rings. The third-order valence-electron chi connectivity index (χ3n) is 2.34. The summed E-state index contributed by atoms with van der Waals surface area (Å²) in [6.07, 6.45) is 1.89. The van der Waals surface area contributed by atoms with Crippen LogP contribution in [-0.4, -0.2) is 16.5 Å². The quantitative estimate of drug-likeness (QED) is 0.659. The SMILES string of the molecule is CC#CCCC(=O)C(O)(CC)CC. The highest BCUT2D eigenvalue weighted by atomic mass is 16.3. The first-order chi connectivity index (χ1) is 6.10. The third kappa shape index (κ3) is 3.61. The van der Waals surface area contributed by atoms with Gasteiger partial charge in [-0.05, 0) is 19.8 Å². The van der Waals surface area contributed by atoms with Crippen LogP contribution in [0.3, 0.4) is 0 Å². The van der Waals surface area contributed by atoms with Crippen molar-refractivity contribution in [3.05, 3.63) is 0 Å². The van der Waals surface area contributed by atoms with Gasteiger partial charge in [-0.1, -0.05) is 13.8 Å². The van der Waals surface area contributed by atoms with E-state index in [9.17, 15) is 9.90 Å². The van der Waals surface area contributed by atoms with Crippen LogP contribution in [0.5, 0.6) is 0 Å². The average Bonchev–Trinajstić information content (AvgIpc) is 2.17. The number of carbonyl (C=O) groups is 1. The summed E-state index contributed by atoms with van der Waals surface area (Å²) in [4.78, 5) is 11.5. The first-order valence-electron chi connectivity index (χ1n) is 4.76. The molecule has 0 aliphatic carbocycles. The highest BCUT2D eigenvalue weighted by Gasteiger charge is 2.30. The Morgan fingerprint density at radius 1 is 1.38 bits per heavy atom. The van der Waals surface area contributed by atoms with Crippen molar-refractivity contribution in [2.24, 2.45) is 0 Å². The maximum Gasteiger partial charge on any atom is 0.165 e. The van der Waals surface area contributed by atoms with Crippen LogP contribution < -0.4 is 0 Å². The van der Waals surface area contributed by atoms with E-state index < -0.39 is 5.60 Å². The lowest BCUT2D eigenvalue weighted by atomic mass is 9.90. The molecule has 0 aromatic heterocycles. The molecular formula is C11H18O2. The predicted molar refractivity (Wildman–Crippen MR) is 53.2 cm³/mol. The first kappa shape index (κ1) is 12.2. The average molecular weight is 182 g/mol. The van der Waals surface area contributed by atoms with E-state index in [-0.39, 0.29) is 5.78 Å². The van der Waals surface area contributed by atoms with Crippen molar-refractivity contribution in [3.63, 3.8) is 0 Å². The highest BCUT2D eigenvalue weighted by molar-refractivity contribution is 5.87. The molecular weight excluding hydrogens is 164 g/mol.